The van der Waals surface area contributed by atoms with Gasteiger partial charge in [-0.15, -0.1) is 0 Å². The maximum atomic E-state index is 13.5. The largest absolute Gasteiger partial charge is 0.488 e. The SMILES string of the molecule is O[C@@H](CN1c2cccc(-c3cc(C(F)(F)F)cc(C(F)(F)F)c3)c2OC[C@@H]1c1cccc(OC(F)(F)C(F)F)c1)C(F)(F)F. The summed E-state index contributed by atoms with van der Waals surface area (Å²) in [6, 6.07) is 6.46. The molecule has 0 aromatic heterocycles. The minimum absolute atomic E-state index is 0.117. The predicted octanol–water partition coefficient (Wildman–Crippen LogP) is 8.49. The fourth-order valence-electron chi connectivity index (χ4n) is 4.44. The first kappa shape index (κ1) is 33.0. The minimum Gasteiger partial charge on any atom is -0.488 e. The molecule has 1 N–H and O–H groups in total. The number of anilines is 1. The first-order chi connectivity index (χ1) is 20.2. The molecule has 0 amide bonds. The highest BCUT2D eigenvalue weighted by molar-refractivity contribution is 5.80. The summed E-state index contributed by atoms with van der Waals surface area (Å²) in [5, 5.41) is 9.87. The van der Waals surface area contributed by atoms with Gasteiger partial charge in [0.15, 0.2) is 11.9 Å². The van der Waals surface area contributed by atoms with E-state index >= 15 is 0 Å². The third-order valence-electron chi connectivity index (χ3n) is 6.46. The van der Waals surface area contributed by atoms with Crippen molar-refractivity contribution in [1.82, 2.24) is 0 Å². The molecule has 0 spiro atoms. The van der Waals surface area contributed by atoms with Crippen molar-refractivity contribution in [3.8, 4) is 22.6 Å². The Bertz CT molecular complexity index is 1450. The monoisotopic (exact) mass is 651 g/mol. The van der Waals surface area contributed by atoms with Crippen molar-refractivity contribution in [3.63, 3.8) is 0 Å². The summed E-state index contributed by atoms with van der Waals surface area (Å²) in [7, 11) is 0. The zero-order chi connectivity index (χ0) is 32.8. The highest BCUT2D eigenvalue weighted by atomic mass is 19.4. The first-order valence-corrected chi connectivity index (χ1v) is 12.2. The van der Waals surface area contributed by atoms with Gasteiger partial charge in [0, 0.05) is 5.56 Å². The van der Waals surface area contributed by atoms with E-state index < -0.39 is 84.5 Å². The van der Waals surface area contributed by atoms with Crippen LogP contribution >= 0.6 is 0 Å². The molecule has 0 unspecified atom stereocenters. The van der Waals surface area contributed by atoms with Gasteiger partial charge >= 0.3 is 31.1 Å². The van der Waals surface area contributed by atoms with Gasteiger partial charge in [0.05, 0.1) is 29.4 Å². The van der Waals surface area contributed by atoms with E-state index in [2.05, 4.69) is 4.74 Å². The van der Waals surface area contributed by atoms with Crippen molar-refractivity contribution in [1.29, 1.82) is 0 Å². The van der Waals surface area contributed by atoms with Crippen molar-refractivity contribution in [3.05, 3.63) is 77.4 Å². The van der Waals surface area contributed by atoms with Gasteiger partial charge in [0.2, 0.25) is 0 Å². The molecule has 0 saturated carbocycles. The van der Waals surface area contributed by atoms with E-state index in [4.69, 9.17) is 4.74 Å². The highest BCUT2D eigenvalue weighted by Gasteiger charge is 2.45. The number of nitrogens with zero attached hydrogens (tertiary/aromatic N) is 1. The van der Waals surface area contributed by atoms with E-state index in [1.165, 1.54) is 6.07 Å². The molecule has 1 aliphatic heterocycles. The second-order valence-electron chi connectivity index (χ2n) is 9.52. The average molecular weight is 651 g/mol. The van der Waals surface area contributed by atoms with Crippen molar-refractivity contribution < 1.29 is 71.7 Å². The van der Waals surface area contributed by atoms with Gasteiger partial charge < -0.3 is 19.5 Å². The molecule has 44 heavy (non-hydrogen) atoms. The summed E-state index contributed by atoms with van der Waals surface area (Å²) in [5.41, 5.74) is -4.82. The molecule has 240 valence electrons. The Morgan fingerprint density at radius 2 is 1.41 bits per heavy atom. The molecule has 3 aromatic rings. The molecule has 2 atom stereocenters. The van der Waals surface area contributed by atoms with Crippen LogP contribution in [0, 0.1) is 0 Å². The molecule has 3 aromatic carbocycles. The van der Waals surface area contributed by atoms with Crippen LogP contribution in [-0.2, 0) is 12.4 Å². The molecule has 0 bridgehead atoms. The third-order valence-corrected chi connectivity index (χ3v) is 6.46. The number of aliphatic hydroxyl groups is 1. The molecule has 17 heteroatoms. The summed E-state index contributed by atoms with van der Waals surface area (Å²) in [5.74, 6) is -1.26. The molecule has 1 heterocycles. The average Bonchev–Trinajstić information content (AvgIpc) is 2.91. The topological polar surface area (TPSA) is 41.9 Å². The number of alkyl halides is 13. The number of rotatable bonds is 7. The van der Waals surface area contributed by atoms with Gasteiger partial charge in [0.25, 0.3) is 0 Å². The summed E-state index contributed by atoms with van der Waals surface area (Å²) < 4.78 is 183. The van der Waals surface area contributed by atoms with Crippen molar-refractivity contribution in [2.24, 2.45) is 0 Å². The predicted molar refractivity (Wildman–Crippen MR) is 128 cm³/mol. The minimum atomic E-state index is -5.21. The Morgan fingerprint density at radius 3 is 1.95 bits per heavy atom. The molecule has 0 radical (unpaired) electrons. The van der Waals surface area contributed by atoms with Crippen molar-refractivity contribution >= 4 is 5.69 Å². The van der Waals surface area contributed by atoms with E-state index in [9.17, 15) is 62.2 Å². The number of hydrogen-bond donors (Lipinski definition) is 1. The van der Waals surface area contributed by atoms with E-state index in [0.717, 1.165) is 41.3 Å². The number of halogens is 13. The molecule has 0 saturated heterocycles. The maximum absolute atomic E-state index is 13.5. The van der Waals surface area contributed by atoms with E-state index in [1.807, 2.05) is 0 Å². The zero-order valence-corrected chi connectivity index (χ0v) is 21.5. The van der Waals surface area contributed by atoms with Crippen LogP contribution in [0.1, 0.15) is 22.7 Å². The van der Waals surface area contributed by atoms with Crippen molar-refractivity contribution in [2.45, 2.75) is 43.2 Å². The van der Waals surface area contributed by atoms with Crippen LogP contribution in [0.5, 0.6) is 11.5 Å². The second-order valence-corrected chi connectivity index (χ2v) is 9.52. The number of benzene rings is 3. The highest BCUT2D eigenvalue weighted by Crippen LogP contribution is 2.48. The van der Waals surface area contributed by atoms with Gasteiger partial charge in [-0.3, -0.25) is 0 Å². The smallest absolute Gasteiger partial charge is 0.461 e. The number of fused-ring (bicyclic) bond motifs is 1. The second kappa shape index (κ2) is 11.6. The summed E-state index contributed by atoms with van der Waals surface area (Å²) >= 11 is 0. The van der Waals surface area contributed by atoms with Crippen molar-refractivity contribution in [2.75, 3.05) is 18.1 Å². The Balaban J connectivity index is 1.85. The lowest BCUT2D eigenvalue weighted by Crippen LogP contribution is -2.46. The Hall–Kier alpha value is -3.89. The van der Waals surface area contributed by atoms with E-state index in [-0.39, 0.29) is 22.9 Å². The number of aliphatic hydroxyl groups excluding tert-OH is 1. The lowest BCUT2D eigenvalue weighted by Gasteiger charge is -2.41. The molecule has 1 aliphatic rings. The van der Waals surface area contributed by atoms with Gasteiger partial charge in [-0.25, -0.2) is 0 Å². The summed E-state index contributed by atoms with van der Waals surface area (Å²) in [4.78, 5) is 0.850. The normalized spacial score (nSPS) is 16.9. The van der Waals surface area contributed by atoms with Gasteiger partial charge in [0.1, 0.15) is 12.4 Å². The Morgan fingerprint density at radius 1 is 0.818 bits per heavy atom. The van der Waals surface area contributed by atoms with Crippen LogP contribution in [0.4, 0.5) is 62.8 Å². The summed E-state index contributed by atoms with van der Waals surface area (Å²) in [6.07, 6.45) is -27.8. The van der Waals surface area contributed by atoms with Crippen LogP contribution < -0.4 is 14.4 Å². The fourth-order valence-corrected chi connectivity index (χ4v) is 4.44. The van der Waals surface area contributed by atoms with Gasteiger partial charge in [-0.2, -0.15) is 57.1 Å². The Labute approximate surface area is 239 Å². The lowest BCUT2D eigenvalue weighted by molar-refractivity contribution is -0.253. The molecule has 4 nitrogen and oxygen atoms in total. The van der Waals surface area contributed by atoms with Gasteiger partial charge in [-0.1, -0.05) is 24.3 Å². The van der Waals surface area contributed by atoms with E-state index in [0.29, 0.717) is 12.1 Å². The van der Waals surface area contributed by atoms with Crippen LogP contribution in [-0.4, -0.2) is 43.1 Å². The third kappa shape index (κ3) is 7.08. The molecule has 0 aliphatic carbocycles. The maximum Gasteiger partial charge on any atom is 0.461 e. The fraction of sp³-hybridized carbons (Fsp3) is 0.333. The lowest BCUT2D eigenvalue weighted by atomic mass is 9.95. The molecule has 0 fully saturated rings. The number of ether oxygens (including phenoxy) is 2. The quantitative estimate of drug-likeness (QED) is 0.261. The van der Waals surface area contributed by atoms with E-state index in [1.54, 1.807) is 0 Å². The zero-order valence-electron chi connectivity index (χ0n) is 21.5. The number of para-hydroxylation sites is 1. The van der Waals surface area contributed by atoms with Crippen LogP contribution in [0.2, 0.25) is 0 Å². The number of hydrogen-bond acceptors (Lipinski definition) is 4. The van der Waals surface area contributed by atoms with Crippen LogP contribution in [0.25, 0.3) is 11.1 Å². The first-order valence-electron chi connectivity index (χ1n) is 12.2. The summed E-state index contributed by atoms with van der Waals surface area (Å²) in [6.45, 7) is -1.93. The molecular formula is C27H18F13NO3. The Kier molecular flexibility index (Phi) is 8.67. The molecular weight excluding hydrogens is 633 g/mol. The number of β-amino-alcohol motifs (C(OH)–C–C–N with tert-alkyl or cyclic N) is 1. The standard InChI is InChI=1S/C27H18F13NO3/c28-23(29)27(39,40)44-17-4-1-3-13(9-17)20-12-43-22-18(5-2-6-19(22)41(20)11-21(42)26(36,37)38)14-7-15(24(30,31)32)10-16(8-14)25(33,34)35/h1-10,20-21,23,42H,11-12H2/t20-,21+/m1/s1. The van der Waals surface area contributed by atoms with Gasteiger partial charge in [-0.05, 0) is 47.5 Å². The van der Waals surface area contributed by atoms with Crippen LogP contribution in [0.3, 0.4) is 0 Å². The molecule has 4 rings (SSSR count). The van der Waals surface area contributed by atoms with Crippen LogP contribution in [0.15, 0.2) is 60.7 Å².